The predicted octanol–water partition coefficient (Wildman–Crippen LogP) is 13.7. The van der Waals surface area contributed by atoms with E-state index < -0.39 is 10.0 Å². The molecule has 10 rings (SSSR count). The van der Waals surface area contributed by atoms with Gasteiger partial charge in [-0.3, -0.25) is 0 Å². The molecule has 0 amide bonds. The summed E-state index contributed by atoms with van der Waals surface area (Å²) in [7, 11) is -2.04. The van der Waals surface area contributed by atoms with Crippen molar-refractivity contribution in [1.29, 1.82) is 0 Å². The molecule has 2 aliphatic rings. The first-order valence-corrected chi connectivity index (χ1v) is 22.8. The summed E-state index contributed by atoms with van der Waals surface area (Å²) < 4.78 is 0. The van der Waals surface area contributed by atoms with E-state index in [1.807, 2.05) is 0 Å². The molecule has 0 aromatic heterocycles. The van der Waals surface area contributed by atoms with Gasteiger partial charge < -0.3 is 9.80 Å². The number of fused-ring (bicyclic) bond motifs is 4. The van der Waals surface area contributed by atoms with Gasteiger partial charge in [-0.2, -0.15) is 0 Å². The highest BCUT2D eigenvalue weighted by Gasteiger charge is 2.45. The maximum absolute atomic E-state index is 2.58. The molecule has 4 heteroatoms. The fourth-order valence-electron chi connectivity index (χ4n) is 9.50. The number of benzene rings is 8. The largest absolute Gasteiger partial charge is 0.311 e. The molecule has 2 aliphatic heterocycles. The Morgan fingerprint density at radius 1 is 0.350 bits per heavy atom. The fourth-order valence-corrected chi connectivity index (χ4v) is 13.4. The Morgan fingerprint density at radius 3 is 1.27 bits per heavy atom. The Morgan fingerprint density at radius 2 is 0.767 bits per heavy atom. The average Bonchev–Trinajstić information content (AvgIpc) is 3.27. The van der Waals surface area contributed by atoms with Crippen LogP contribution in [-0.4, -0.2) is 6.71 Å². The van der Waals surface area contributed by atoms with Gasteiger partial charge in [0.15, 0.2) is 0 Å². The summed E-state index contributed by atoms with van der Waals surface area (Å²) in [6.45, 7) is 13.9. The van der Waals surface area contributed by atoms with E-state index >= 15 is 0 Å². The molecule has 0 saturated carbocycles. The average molecular weight is 795 g/mol. The maximum Gasteiger partial charge on any atom is 0.252 e. The van der Waals surface area contributed by atoms with Crippen molar-refractivity contribution in [2.24, 2.45) is 0 Å². The van der Waals surface area contributed by atoms with E-state index in [9.17, 15) is 0 Å². The standard InChI is InChI=1S/C56H51BN2S/c1-55(2,3)40-31-34-43(35-32-40)59-51-36-33-41(56(4,5)6)37-49(51)57-48-29-19-20-30-50(48)58(42-21-11-7-12-22-42)52-38-47(39-53(59)54(52)57)60(44-23-13-8-14-24-44,45-25-15-9-16-26-45)46-27-17-10-18-28-46/h7-39H,1-6H3. The molecule has 2 heterocycles. The SMILES string of the molecule is CC(C)(C)c1ccc(N2c3ccc(C(C)(C)C)cc3B3c4ccccc4N(c4ccccc4)c4cc(S(c5ccccc5)(c5ccccc5)c5ccccc5)cc2c43)cc1. The molecule has 0 saturated heterocycles. The van der Waals surface area contributed by atoms with E-state index in [2.05, 4.69) is 252 Å². The van der Waals surface area contributed by atoms with Crippen LogP contribution in [0.5, 0.6) is 0 Å². The van der Waals surface area contributed by atoms with E-state index in [1.165, 1.54) is 69.8 Å². The van der Waals surface area contributed by atoms with Crippen molar-refractivity contribution in [2.45, 2.75) is 72.0 Å². The molecule has 0 spiro atoms. The second kappa shape index (κ2) is 14.5. The van der Waals surface area contributed by atoms with E-state index in [0.29, 0.717) is 0 Å². The highest BCUT2D eigenvalue weighted by Crippen LogP contribution is 2.74. The molecule has 0 radical (unpaired) electrons. The lowest BCUT2D eigenvalue weighted by molar-refractivity contribution is 0.590. The van der Waals surface area contributed by atoms with Crippen molar-refractivity contribution in [2.75, 3.05) is 9.80 Å². The molecule has 2 nitrogen and oxygen atoms in total. The zero-order valence-electron chi connectivity index (χ0n) is 35.4. The number of hydrogen-bond acceptors (Lipinski definition) is 2. The predicted molar refractivity (Wildman–Crippen MR) is 258 cm³/mol. The third-order valence-corrected chi connectivity index (χ3v) is 16.3. The summed E-state index contributed by atoms with van der Waals surface area (Å²) in [5.41, 5.74) is 13.9. The Kier molecular flexibility index (Phi) is 9.19. The van der Waals surface area contributed by atoms with Crippen molar-refractivity contribution in [1.82, 2.24) is 0 Å². The lowest BCUT2D eigenvalue weighted by atomic mass is 9.33. The molecule has 0 bridgehead atoms. The number of rotatable bonds is 6. The summed E-state index contributed by atoms with van der Waals surface area (Å²) in [6.07, 6.45) is 0. The van der Waals surface area contributed by atoms with E-state index in [0.717, 1.165) is 11.4 Å². The number of hydrogen-bond donors (Lipinski definition) is 0. The van der Waals surface area contributed by atoms with Gasteiger partial charge >= 0.3 is 0 Å². The van der Waals surface area contributed by atoms with Crippen LogP contribution in [0.15, 0.2) is 220 Å². The van der Waals surface area contributed by atoms with Crippen LogP contribution in [0, 0.1) is 0 Å². The Hall–Kier alpha value is -6.23. The van der Waals surface area contributed by atoms with Gasteiger partial charge in [-0.25, -0.2) is 0 Å². The first-order valence-electron chi connectivity index (χ1n) is 21.2. The van der Waals surface area contributed by atoms with Crippen LogP contribution in [0.4, 0.5) is 34.1 Å². The van der Waals surface area contributed by atoms with Gasteiger partial charge in [0.2, 0.25) is 0 Å². The number of nitrogens with zero attached hydrogens (tertiary/aromatic N) is 2. The summed E-state index contributed by atoms with van der Waals surface area (Å²) in [4.78, 5) is 10.3. The van der Waals surface area contributed by atoms with Crippen LogP contribution in [0.2, 0.25) is 0 Å². The zero-order valence-corrected chi connectivity index (χ0v) is 36.2. The van der Waals surface area contributed by atoms with Crippen LogP contribution in [0.3, 0.4) is 0 Å². The minimum Gasteiger partial charge on any atom is -0.311 e. The molecule has 8 aromatic carbocycles. The second-order valence-electron chi connectivity index (χ2n) is 18.2. The van der Waals surface area contributed by atoms with Gasteiger partial charge in [-0.15, -0.1) is 10.0 Å². The van der Waals surface area contributed by atoms with E-state index in [-0.39, 0.29) is 17.5 Å². The van der Waals surface area contributed by atoms with Crippen molar-refractivity contribution in [3.05, 3.63) is 211 Å². The monoisotopic (exact) mass is 794 g/mol. The summed E-state index contributed by atoms with van der Waals surface area (Å²) >= 11 is 0. The highest BCUT2D eigenvalue weighted by molar-refractivity contribution is 8.34. The van der Waals surface area contributed by atoms with Gasteiger partial charge in [0.1, 0.15) is 0 Å². The lowest BCUT2D eigenvalue weighted by Crippen LogP contribution is -2.61. The minimum absolute atomic E-state index is 0.0184. The smallest absolute Gasteiger partial charge is 0.252 e. The van der Waals surface area contributed by atoms with Gasteiger partial charge in [-0.05, 0) is 123 Å². The van der Waals surface area contributed by atoms with E-state index in [1.54, 1.807) is 0 Å². The molecule has 0 fully saturated rings. The Labute approximate surface area is 358 Å². The Bertz CT molecular complexity index is 2730. The Balaban J connectivity index is 1.39. The summed E-state index contributed by atoms with van der Waals surface area (Å²) in [5, 5.41) is 0. The quantitative estimate of drug-likeness (QED) is 0.155. The first-order chi connectivity index (χ1) is 29.0. The molecule has 8 aromatic rings. The second-order valence-corrected chi connectivity index (χ2v) is 21.4. The minimum atomic E-state index is -2.04. The maximum atomic E-state index is 2.58. The molecular formula is C56H51BN2S. The lowest BCUT2D eigenvalue weighted by Gasteiger charge is -2.47. The van der Waals surface area contributed by atoms with Gasteiger partial charge in [0, 0.05) is 53.7 Å². The molecule has 0 atom stereocenters. The molecule has 60 heavy (non-hydrogen) atoms. The normalized spacial score (nSPS) is 13.7. The molecular weight excluding hydrogens is 744 g/mol. The molecule has 294 valence electrons. The third kappa shape index (κ3) is 6.11. The van der Waals surface area contributed by atoms with Crippen LogP contribution in [0.1, 0.15) is 52.7 Å². The van der Waals surface area contributed by atoms with Crippen molar-refractivity contribution < 1.29 is 0 Å². The topological polar surface area (TPSA) is 6.48 Å². The molecule has 0 N–H and O–H groups in total. The van der Waals surface area contributed by atoms with Crippen LogP contribution >= 0.6 is 10.0 Å². The fraction of sp³-hybridized carbons (Fsp3) is 0.143. The van der Waals surface area contributed by atoms with Gasteiger partial charge in [0.05, 0.1) is 0 Å². The zero-order chi connectivity index (χ0) is 41.2. The van der Waals surface area contributed by atoms with Crippen LogP contribution in [-0.2, 0) is 10.8 Å². The number of anilines is 6. The van der Waals surface area contributed by atoms with Crippen LogP contribution < -0.4 is 26.2 Å². The first kappa shape index (κ1) is 38.0. The highest BCUT2D eigenvalue weighted by atomic mass is 32.3. The van der Waals surface area contributed by atoms with Crippen molar-refractivity contribution in [3.8, 4) is 0 Å². The summed E-state index contributed by atoms with van der Waals surface area (Å²) in [5.74, 6) is 0. The summed E-state index contributed by atoms with van der Waals surface area (Å²) in [6, 6.07) is 75.6. The van der Waals surface area contributed by atoms with Crippen LogP contribution in [0.25, 0.3) is 0 Å². The van der Waals surface area contributed by atoms with Crippen molar-refractivity contribution in [3.63, 3.8) is 0 Å². The van der Waals surface area contributed by atoms with Crippen molar-refractivity contribution >= 4 is 67.3 Å². The molecule has 0 aliphatic carbocycles. The third-order valence-electron chi connectivity index (χ3n) is 12.5. The molecule has 0 unspecified atom stereocenters. The van der Waals surface area contributed by atoms with Gasteiger partial charge in [-0.1, -0.05) is 157 Å². The number of para-hydroxylation sites is 2. The van der Waals surface area contributed by atoms with E-state index in [4.69, 9.17) is 0 Å². The van der Waals surface area contributed by atoms with Gasteiger partial charge in [0.25, 0.3) is 6.71 Å².